The molecule has 2 heterocycles. The summed E-state index contributed by atoms with van der Waals surface area (Å²) >= 11 is 0. The molecule has 0 bridgehead atoms. The molecule has 3 rings (SSSR count). The van der Waals surface area contributed by atoms with Gasteiger partial charge in [-0.15, -0.1) is 0 Å². The van der Waals surface area contributed by atoms with Crippen LogP contribution >= 0.6 is 0 Å². The molecule has 3 aromatic rings. The van der Waals surface area contributed by atoms with Crippen molar-refractivity contribution in [1.82, 2.24) is 9.97 Å². The third-order valence-corrected chi connectivity index (χ3v) is 3.84. The van der Waals surface area contributed by atoms with Crippen molar-refractivity contribution in [2.45, 2.75) is 13.3 Å². The third-order valence-electron chi connectivity index (χ3n) is 3.84. The predicted octanol–water partition coefficient (Wildman–Crippen LogP) is 2.82. The molecule has 6 heteroatoms. The van der Waals surface area contributed by atoms with Gasteiger partial charge in [0.2, 0.25) is 6.41 Å². The maximum absolute atomic E-state index is 10.6. The first kappa shape index (κ1) is 15.4. The van der Waals surface area contributed by atoms with Crippen LogP contribution in [-0.2, 0) is 11.2 Å². The van der Waals surface area contributed by atoms with Gasteiger partial charge < -0.3 is 11.1 Å². The molecule has 0 aliphatic carbocycles. The number of carbonyl (C=O) groups excluding carboxylic acids is 1. The highest BCUT2D eigenvalue weighted by molar-refractivity contribution is 5.95. The zero-order valence-electron chi connectivity index (χ0n) is 13.1. The quantitative estimate of drug-likeness (QED) is 0.720. The minimum Gasteiger partial charge on any atom is -0.383 e. The molecule has 1 aromatic carbocycles. The van der Waals surface area contributed by atoms with Crippen molar-refractivity contribution in [3.63, 3.8) is 0 Å². The summed E-state index contributed by atoms with van der Waals surface area (Å²) in [7, 11) is 0. The van der Waals surface area contributed by atoms with Crippen LogP contribution in [0.25, 0.3) is 22.0 Å². The fourth-order valence-corrected chi connectivity index (χ4v) is 2.77. The lowest BCUT2D eigenvalue weighted by Crippen LogP contribution is -2.00. The number of benzene rings is 1. The van der Waals surface area contributed by atoms with E-state index >= 15 is 0 Å². The highest BCUT2D eigenvalue weighted by Gasteiger charge is 2.12. The van der Waals surface area contributed by atoms with E-state index in [-0.39, 0.29) is 0 Å². The molecule has 0 atom stereocenters. The smallest absolute Gasteiger partial charge is 0.212 e. The fraction of sp³-hybridized carbons (Fsp3) is 0.111. The Morgan fingerprint density at radius 3 is 2.96 bits per heavy atom. The van der Waals surface area contributed by atoms with E-state index < -0.39 is 0 Å². The number of carbonyl (C=O) groups is 1. The maximum atomic E-state index is 10.6. The predicted molar refractivity (Wildman–Crippen MR) is 93.1 cm³/mol. The summed E-state index contributed by atoms with van der Waals surface area (Å²) in [4.78, 5) is 19.2. The molecule has 0 saturated heterocycles. The number of aromatic nitrogens is 2. The van der Waals surface area contributed by atoms with E-state index in [0.717, 1.165) is 22.1 Å². The molecular formula is C18H15N5O. The average molecular weight is 317 g/mol. The monoisotopic (exact) mass is 317 g/mol. The number of fused-ring (bicyclic) bond motifs is 1. The normalized spacial score (nSPS) is 10.3. The van der Waals surface area contributed by atoms with Crippen LogP contribution in [0.3, 0.4) is 0 Å². The van der Waals surface area contributed by atoms with E-state index in [2.05, 4.69) is 21.4 Å². The summed E-state index contributed by atoms with van der Waals surface area (Å²) in [6.45, 7) is 1.98. The zero-order valence-corrected chi connectivity index (χ0v) is 13.1. The Morgan fingerprint density at radius 2 is 2.21 bits per heavy atom. The number of nitriles is 1. The number of nitrogens with two attached hydrogens (primary N) is 1. The molecule has 0 unspecified atom stereocenters. The number of nitrogens with zero attached hydrogens (tertiary/aromatic N) is 3. The van der Waals surface area contributed by atoms with Crippen LogP contribution in [0.2, 0.25) is 0 Å². The lowest BCUT2D eigenvalue weighted by atomic mass is 9.96. The van der Waals surface area contributed by atoms with Crippen molar-refractivity contribution in [3.8, 4) is 17.3 Å². The molecule has 118 valence electrons. The van der Waals surface area contributed by atoms with Gasteiger partial charge in [0.15, 0.2) is 0 Å². The molecule has 0 aliphatic rings. The minimum atomic E-state index is 0.297. The highest BCUT2D eigenvalue weighted by Crippen LogP contribution is 2.31. The summed E-state index contributed by atoms with van der Waals surface area (Å²) in [6, 6.07) is 11.6. The number of hydrogen-bond donors (Lipinski definition) is 2. The van der Waals surface area contributed by atoms with E-state index in [1.165, 1.54) is 0 Å². The molecule has 0 fully saturated rings. The summed E-state index contributed by atoms with van der Waals surface area (Å²) < 4.78 is 0. The zero-order chi connectivity index (χ0) is 17.1. The number of pyridine rings is 2. The van der Waals surface area contributed by atoms with Gasteiger partial charge >= 0.3 is 0 Å². The second-order valence-electron chi connectivity index (χ2n) is 5.39. The van der Waals surface area contributed by atoms with Gasteiger partial charge in [0.1, 0.15) is 11.6 Å². The Kier molecular flexibility index (Phi) is 4.08. The molecule has 1 amide bonds. The van der Waals surface area contributed by atoms with Crippen LogP contribution in [0, 0.1) is 18.3 Å². The second kappa shape index (κ2) is 6.34. The lowest BCUT2D eigenvalue weighted by molar-refractivity contribution is -0.105. The molecule has 6 nitrogen and oxygen atoms in total. The molecule has 24 heavy (non-hydrogen) atoms. The van der Waals surface area contributed by atoms with Crippen LogP contribution in [0.1, 0.15) is 11.1 Å². The van der Waals surface area contributed by atoms with Gasteiger partial charge in [-0.2, -0.15) is 5.26 Å². The molecule has 2 aromatic heterocycles. The van der Waals surface area contributed by atoms with Gasteiger partial charge in [-0.05, 0) is 35.6 Å². The molecule has 0 spiro atoms. The number of hydrogen-bond acceptors (Lipinski definition) is 5. The standard InChI is InChI=1S/C18H15N5O/c1-11-3-2-4-12(5-6-19)17(11)15-7-13-8-16(22-10-24)21-9-14(13)18(20)23-15/h2-4,7-10H,5H2,1H3,(H2,20,23)(H,21,22,24). The summed E-state index contributed by atoms with van der Waals surface area (Å²) in [5.74, 6) is 0.801. The van der Waals surface area contributed by atoms with Crippen LogP contribution in [0.15, 0.2) is 36.5 Å². The van der Waals surface area contributed by atoms with Crippen molar-refractivity contribution < 1.29 is 4.79 Å². The van der Waals surface area contributed by atoms with Crippen molar-refractivity contribution >= 4 is 28.8 Å². The number of aryl methyl sites for hydroxylation is 1. The van der Waals surface area contributed by atoms with Crippen LogP contribution in [0.4, 0.5) is 11.6 Å². The third kappa shape index (κ3) is 2.75. The Balaban J connectivity index is 2.24. The lowest BCUT2D eigenvalue weighted by Gasteiger charge is -2.12. The van der Waals surface area contributed by atoms with E-state index in [1.54, 1.807) is 12.3 Å². The van der Waals surface area contributed by atoms with E-state index in [0.29, 0.717) is 35.5 Å². The Labute approximate surface area is 139 Å². The first-order chi connectivity index (χ1) is 11.6. The topological polar surface area (TPSA) is 105 Å². The van der Waals surface area contributed by atoms with Gasteiger partial charge in [0.25, 0.3) is 0 Å². The van der Waals surface area contributed by atoms with E-state index in [1.807, 2.05) is 31.2 Å². The molecule has 3 N–H and O–H groups in total. The first-order valence-corrected chi connectivity index (χ1v) is 7.36. The molecule has 0 saturated carbocycles. The Bertz CT molecular complexity index is 975. The highest BCUT2D eigenvalue weighted by atomic mass is 16.1. The Hall–Kier alpha value is -3.46. The number of nitrogens with one attached hydrogen (secondary N) is 1. The van der Waals surface area contributed by atoms with E-state index in [4.69, 9.17) is 11.0 Å². The van der Waals surface area contributed by atoms with Gasteiger partial charge in [0.05, 0.1) is 18.2 Å². The summed E-state index contributed by atoms with van der Waals surface area (Å²) in [5, 5.41) is 13.1. The summed E-state index contributed by atoms with van der Waals surface area (Å²) in [6.07, 6.45) is 2.46. The Morgan fingerprint density at radius 1 is 1.38 bits per heavy atom. The summed E-state index contributed by atoms with van der Waals surface area (Å²) in [5.41, 5.74) is 9.63. The van der Waals surface area contributed by atoms with Crippen LogP contribution in [0.5, 0.6) is 0 Å². The van der Waals surface area contributed by atoms with Gasteiger partial charge in [0, 0.05) is 17.1 Å². The molecular weight excluding hydrogens is 302 g/mol. The number of nitrogen functional groups attached to an aromatic ring is 1. The van der Waals surface area contributed by atoms with Crippen molar-refractivity contribution in [2.24, 2.45) is 0 Å². The van der Waals surface area contributed by atoms with Crippen LogP contribution in [-0.4, -0.2) is 16.4 Å². The largest absolute Gasteiger partial charge is 0.383 e. The first-order valence-electron chi connectivity index (χ1n) is 7.36. The van der Waals surface area contributed by atoms with Crippen molar-refractivity contribution in [3.05, 3.63) is 47.7 Å². The SMILES string of the molecule is Cc1cccc(CC#N)c1-c1cc2cc(NC=O)ncc2c(N)n1. The fourth-order valence-electron chi connectivity index (χ4n) is 2.77. The van der Waals surface area contributed by atoms with Crippen molar-refractivity contribution in [2.75, 3.05) is 11.1 Å². The second-order valence-corrected chi connectivity index (χ2v) is 5.39. The maximum Gasteiger partial charge on any atom is 0.212 e. The van der Waals surface area contributed by atoms with Gasteiger partial charge in [-0.25, -0.2) is 9.97 Å². The molecule has 0 aliphatic heterocycles. The number of amides is 1. The average Bonchev–Trinajstić information content (AvgIpc) is 2.55. The molecule has 0 radical (unpaired) electrons. The van der Waals surface area contributed by atoms with E-state index in [9.17, 15) is 4.79 Å². The number of rotatable bonds is 4. The number of anilines is 2. The van der Waals surface area contributed by atoms with Crippen LogP contribution < -0.4 is 11.1 Å². The van der Waals surface area contributed by atoms with Gasteiger partial charge in [-0.1, -0.05) is 18.2 Å². The van der Waals surface area contributed by atoms with Crippen molar-refractivity contribution in [1.29, 1.82) is 5.26 Å². The van der Waals surface area contributed by atoms with Gasteiger partial charge in [-0.3, -0.25) is 4.79 Å². The minimum absolute atomic E-state index is 0.297.